The predicted octanol–water partition coefficient (Wildman–Crippen LogP) is 3.20. The topological polar surface area (TPSA) is 26.3 Å². The zero-order valence-electron chi connectivity index (χ0n) is 7.23. The second-order valence-electron chi connectivity index (χ2n) is 2.54. The molecule has 0 aliphatic heterocycles. The third kappa shape index (κ3) is 2.03. The third-order valence-electron chi connectivity index (χ3n) is 1.67. The van der Waals surface area contributed by atoms with E-state index in [1.807, 2.05) is 13.0 Å². The quantitative estimate of drug-likeness (QED) is 0.727. The van der Waals surface area contributed by atoms with Gasteiger partial charge in [-0.25, -0.2) is 4.79 Å². The molecule has 13 heavy (non-hydrogen) atoms. The van der Waals surface area contributed by atoms with Crippen molar-refractivity contribution in [3.8, 4) is 0 Å². The van der Waals surface area contributed by atoms with Gasteiger partial charge >= 0.3 is 5.97 Å². The van der Waals surface area contributed by atoms with E-state index in [-0.39, 0.29) is 0 Å². The molecule has 0 aliphatic carbocycles. The van der Waals surface area contributed by atoms with Gasteiger partial charge in [0.15, 0.2) is 0 Å². The first-order valence-electron chi connectivity index (χ1n) is 3.61. The molecule has 0 unspecified atom stereocenters. The lowest BCUT2D eigenvalue weighted by Crippen LogP contribution is -2.04. The first kappa shape index (κ1) is 10.5. The molecular weight excluding hydrogens is 255 g/mol. The Hall–Kier alpha value is -0.540. The zero-order valence-corrected chi connectivity index (χ0v) is 9.57. The Labute approximate surface area is 90.0 Å². The highest BCUT2D eigenvalue weighted by atomic mass is 79.9. The summed E-state index contributed by atoms with van der Waals surface area (Å²) in [5.74, 6) is -0.430. The van der Waals surface area contributed by atoms with Crippen LogP contribution in [0.15, 0.2) is 16.6 Å². The van der Waals surface area contributed by atoms with Crippen molar-refractivity contribution < 1.29 is 9.53 Å². The number of hydrogen-bond acceptors (Lipinski definition) is 2. The molecule has 0 fully saturated rings. The highest BCUT2D eigenvalue weighted by Gasteiger charge is 2.15. The summed E-state index contributed by atoms with van der Waals surface area (Å²) in [4.78, 5) is 11.3. The molecule has 1 rings (SSSR count). The number of carbonyl (C=O) groups excluding carboxylic acids is 1. The van der Waals surface area contributed by atoms with Gasteiger partial charge in [0, 0.05) is 4.47 Å². The minimum Gasteiger partial charge on any atom is -0.465 e. The van der Waals surface area contributed by atoms with Gasteiger partial charge in [0.1, 0.15) is 0 Å². The first-order valence-corrected chi connectivity index (χ1v) is 4.78. The van der Waals surface area contributed by atoms with Gasteiger partial charge in [0.05, 0.1) is 17.7 Å². The molecule has 4 heteroatoms. The van der Waals surface area contributed by atoms with Crippen LogP contribution in [0.2, 0.25) is 5.02 Å². The molecule has 0 aromatic heterocycles. The van der Waals surface area contributed by atoms with Crippen LogP contribution in [-0.4, -0.2) is 13.1 Å². The molecule has 0 spiro atoms. The molecule has 0 amide bonds. The average molecular weight is 264 g/mol. The predicted molar refractivity (Wildman–Crippen MR) is 55.2 cm³/mol. The number of benzene rings is 1. The SMILES string of the molecule is COC(=O)c1c(Cl)ccc(C)c1Br. The number of methoxy groups -OCH3 is 1. The second-order valence-corrected chi connectivity index (χ2v) is 3.75. The summed E-state index contributed by atoms with van der Waals surface area (Å²) in [6.07, 6.45) is 0. The fourth-order valence-corrected chi connectivity index (χ4v) is 1.80. The molecule has 2 nitrogen and oxygen atoms in total. The maximum Gasteiger partial charge on any atom is 0.340 e. The van der Waals surface area contributed by atoms with Crippen LogP contribution in [-0.2, 0) is 4.74 Å². The number of carbonyl (C=O) groups is 1. The van der Waals surface area contributed by atoms with Gasteiger partial charge in [-0.15, -0.1) is 0 Å². The smallest absolute Gasteiger partial charge is 0.340 e. The zero-order chi connectivity index (χ0) is 10.0. The van der Waals surface area contributed by atoms with E-state index < -0.39 is 5.97 Å². The fraction of sp³-hybridized carbons (Fsp3) is 0.222. The van der Waals surface area contributed by atoms with E-state index in [1.165, 1.54) is 7.11 Å². The van der Waals surface area contributed by atoms with Gasteiger partial charge in [0.2, 0.25) is 0 Å². The first-order chi connectivity index (χ1) is 6.07. The standard InChI is InChI=1S/C9H8BrClO2/c1-5-3-4-6(11)7(8(5)10)9(12)13-2/h3-4H,1-2H3. The highest BCUT2D eigenvalue weighted by molar-refractivity contribution is 9.10. The number of ether oxygens (including phenoxy) is 1. The molecule has 0 bridgehead atoms. The van der Waals surface area contributed by atoms with Crippen LogP contribution in [0.5, 0.6) is 0 Å². The minimum atomic E-state index is -0.430. The van der Waals surface area contributed by atoms with Gasteiger partial charge in [-0.1, -0.05) is 17.7 Å². The molecule has 0 aliphatic rings. The minimum absolute atomic E-state index is 0.379. The van der Waals surface area contributed by atoms with E-state index in [0.29, 0.717) is 15.1 Å². The largest absolute Gasteiger partial charge is 0.465 e. The van der Waals surface area contributed by atoms with Crippen LogP contribution in [0.1, 0.15) is 15.9 Å². The van der Waals surface area contributed by atoms with Crippen molar-refractivity contribution in [2.45, 2.75) is 6.92 Å². The molecule has 70 valence electrons. The van der Waals surface area contributed by atoms with E-state index in [2.05, 4.69) is 20.7 Å². The van der Waals surface area contributed by atoms with E-state index in [1.54, 1.807) is 6.07 Å². The summed E-state index contributed by atoms with van der Waals surface area (Å²) in [5.41, 5.74) is 1.33. The van der Waals surface area contributed by atoms with Crippen LogP contribution >= 0.6 is 27.5 Å². The van der Waals surface area contributed by atoms with Gasteiger partial charge in [-0.3, -0.25) is 0 Å². The van der Waals surface area contributed by atoms with Crippen molar-refractivity contribution in [2.24, 2.45) is 0 Å². The summed E-state index contributed by atoms with van der Waals surface area (Å²) < 4.78 is 5.29. The van der Waals surface area contributed by atoms with Crippen molar-refractivity contribution in [3.63, 3.8) is 0 Å². The molecule has 0 saturated heterocycles. The molecular formula is C9H8BrClO2. The van der Waals surface area contributed by atoms with Crippen molar-refractivity contribution in [3.05, 3.63) is 32.8 Å². The summed E-state index contributed by atoms with van der Waals surface area (Å²) >= 11 is 9.13. The Morgan fingerprint density at radius 1 is 1.54 bits per heavy atom. The molecule has 0 heterocycles. The van der Waals surface area contributed by atoms with Gasteiger partial charge in [-0.05, 0) is 34.5 Å². The average Bonchev–Trinajstić information content (AvgIpc) is 2.12. The lowest BCUT2D eigenvalue weighted by molar-refractivity contribution is 0.0600. The summed E-state index contributed by atoms with van der Waals surface area (Å²) in [6, 6.07) is 3.51. The number of aryl methyl sites for hydroxylation is 1. The second kappa shape index (κ2) is 4.11. The Morgan fingerprint density at radius 2 is 2.15 bits per heavy atom. The molecule has 0 saturated carbocycles. The molecule has 0 N–H and O–H groups in total. The highest BCUT2D eigenvalue weighted by Crippen LogP contribution is 2.28. The molecule has 1 aromatic rings. The molecule has 1 aromatic carbocycles. The van der Waals surface area contributed by atoms with Gasteiger partial charge < -0.3 is 4.74 Å². The summed E-state index contributed by atoms with van der Waals surface area (Å²) in [5, 5.41) is 0.393. The lowest BCUT2D eigenvalue weighted by Gasteiger charge is -2.06. The number of hydrogen-bond donors (Lipinski definition) is 0. The van der Waals surface area contributed by atoms with Gasteiger partial charge in [0.25, 0.3) is 0 Å². The van der Waals surface area contributed by atoms with E-state index in [9.17, 15) is 4.79 Å². The number of rotatable bonds is 1. The van der Waals surface area contributed by atoms with Crippen molar-refractivity contribution in [1.82, 2.24) is 0 Å². The van der Waals surface area contributed by atoms with E-state index >= 15 is 0 Å². The number of esters is 1. The van der Waals surface area contributed by atoms with Gasteiger partial charge in [-0.2, -0.15) is 0 Å². The summed E-state index contributed by atoms with van der Waals surface area (Å²) in [7, 11) is 1.33. The van der Waals surface area contributed by atoms with Crippen molar-refractivity contribution in [2.75, 3.05) is 7.11 Å². The van der Waals surface area contributed by atoms with E-state index in [4.69, 9.17) is 11.6 Å². The monoisotopic (exact) mass is 262 g/mol. The van der Waals surface area contributed by atoms with Crippen LogP contribution in [0, 0.1) is 6.92 Å². The van der Waals surface area contributed by atoms with Crippen LogP contribution in [0.4, 0.5) is 0 Å². The van der Waals surface area contributed by atoms with Crippen molar-refractivity contribution in [1.29, 1.82) is 0 Å². The fourth-order valence-electron chi connectivity index (χ4n) is 0.946. The Kier molecular flexibility index (Phi) is 3.33. The van der Waals surface area contributed by atoms with Crippen molar-refractivity contribution >= 4 is 33.5 Å². The third-order valence-corrected chi connectivity index (χ3v) is 3.01. The molecule has 0 radical (unpaired) electrons. The molecule has 0 atom stereocenters. The Balaban J connectivity index is 3.33. The van der Waals surface area contributed by atoms with Crippen LogP contribution < -0.4 is 0 Å². The Bertz CT molecular complexity index is 350. The van der Waals surface area contributed by atoms with Crippen LogP contribution in [0.3, 0.4) is 0 Å². The maximum atomic E-state index is 11.3. The number of halogens is 2. The van der Waals surface area contributed by atoms with Crippen LogP contribution in [0.25, 0.3) is 0 Å². The van der Waals surface area contributed by atoms with E-state index in [0.717, 1.165) is 5.56 Å². The maximum absolute atomic E-state index is 11.3. The normalized spacial score (nSPS) is 9.85. The summed E-state index contributed by atoms with van der Waals surface area (Å²) in [6.45, 7) is 1.88. The lowest BCUT2D eigenvalue weighted by atomic mass is 10.1. The Morgan fingerprint density at radius 3 is 2.69 bits per heavy atom.